The zero-order chi connectivity index (χ0) is 13.9. The van der Waals surface area contributed by atoms with Gasteiger partial charge in [0.25, 0.3) is 5.91 Å². The molecule has 3 rings (SSSR count). The van der Waals surface area contributed by atoms with Crippen LogP contribution in [0.5, 0.6) is 0 Å². The molecule has 2 N–H and O–H groups in total. The maximum absolute atomic E-state index is 12.0. The predicted octanol–water partition coefficient (Wildman–Crippen LogP) is 3.26. The quantitative estimate of drug-likeness (QED) is 0.774. The summed E-state index contributed by atoms with van der Waals surface area (Å²) >= 11 is 3.35. The Hall–Kier alpha value is -2.14. The SMILES string of the molecule is O=C(NCc1nc2ccccc2[nH]1)c1cccc(Br)c1. The zero-order valence-electron chi connectivity index (χ0n) is 10.6. The Morgan fingerprint density at radius 1 is 1.20 bits per heavy atom. The van der Waals surface area contributed by atoms with E-state index < -0.39 is 0 Å². The number of para-hydroxylation sites is 2. The fraction of sp³-hybridized carbons (Fsp3) is 0.0667. The topological polar surface area (TPSA) is 57.8 Å². The first kappa shape index (κ1) is 12.9. The lowest BCUT2D eigenvalue weighted by molar-refractivity contribution is 0.0950. The number of hydrogen-bond donors (Lipinski definition) is 2. The van der Waals surface area contributed by atoms with E-state index in [2.05, 4.69) is 31.2 Å². The summed E-state index contributed by atoms with van der Waals surface area (Å²) in [6, 6.07) is 15.1. The molecule has 3 aromatic rings. The molecule has 1 heterocycles. The monoisotopic (exact) mass is 329 g/mol. The standard InChI is InChI=1S/C15H12BrN3O/c16-11-5-3-4-10(8-11)15(20)17-9-14-18-12-6-1-2-7-13(12)19-14/h1-8H,9H2,(H,17,20)(H,18,19). The molecule has 2 aromatic carbocycles. The summed E-state index contributed by atoms with van der Waals surface area (Å²) in [6.07, 6.45) is 0. The number of carbonyl (C=O) groups is 1. The maximum Gasteiger partial charge on any atom is 0.251 e. The summed E-state index contributed by atoms with van der Waals surface area (Å²) in [7, 11) is 0. The molecule has 1 aromatic heterocycles. The van der Waals surface area contributed by atoms with Crippen LogP contribution in [0.4, 0.5) is 0 Å². The number of amides is 1. The molecule has 0 atom stereocenters. The molecule has 20 heavy (non-hydrogen) atoms. The van der Waals surface area contributed by atoms with E-state index in [1.807, 2.05) is 36.4 Å². The average molecular weight is 330 g/mol. The summed E-state index contributed by atoms with van der Waals surface area (Å²) in [4.78, 5) is 19.6. The fourth-order valence-electron chi connectivity index (χ4n) is 1.99. The predicted molar refractivity (Wildman–Crippen MR) is 81.4 cm³/mol. The number of aromatic nitrogens is 2. The molecule has 0 radical (unpaired) electrons. The molecule has 0 unspecified atom stereocenters. The van der Waals surface area contributed by atoms with Crippen LogP contribution >= 0.6 is 15.9 Å². The van der Waals surface area contributed by atoms with Crippen LogP contribution in [-0.2, 0) is 6.54 Å². The van der Waals surface area contributed by atoms with Gasteiger partial charge < -0.3 is 10.3 Å². The highest BCUT2D eigenvalue weighted by molar-refractivity contribution is 9.10. The number of halogens is 1. The summed E-state index contributed by atoms with van der Waals surface area (Å²) < 4.78 is 0.883. The molecule has 0 saturated carbocycles. The highest BCUT2D eigenvalue weighted by Gasteiger charge is 2.07. The van der Waals surface area contributed by atoms with E-state index in [0.717, 1.165) is 21.3 Å². The Morgan fingerprint density at radius 3 is 2.85 bits per heavy atom. The first-order valence-corrected chi connectivity index (χ1v) is 6.99. The Kier molecular flexibility index (Phi) is 3.52. The normalized spacial score (nSPS) is 10.7. The third kappa shape index (κ3) is 2.72. The van der Waals surface area contributed by atoms with Crippen molar-refractivity contribution in [3.8, 4) is 0 Å². The van der Waals surface area contributed by atoms with Gasteiger partial charge in [0.1, 0.15) is 5.82 Å². The third-order valence-corrected chi connectivity index (χ3v) is 3.43. The summed E-state index contributed by atoms with van der Waals surface area (Å²) in [5.74, 6) is 0.626. The number of rotatable bonds is 3. The van der Waals surface area contributed by atoms with Crippen molar-refractivity contribution >= 4 is 32.9 Å². The Bertz CT molecular complexity index is 733. The van der Waals surface area contributed by atoms with Gasteiger partial charge in [-0.1, -0.05) is 34.1 Å². The molecule has 4 nitrogen and oxygen atoms in total. The number of hydrogen-bond acceptors (Lipinski definition) is 2. The highest BCUT2D eigenvalue weighted by atomic mass is 79.9. The van der Waals surface area contributed by atoms with Gasteiger partial charge in [0.15, 0.2) is 0 Å². The van der Waals surface area contributed by atoms with Gasteiger partial charge in [-0.15, -0.1) is 0 Å². The second-order valence-electron chi connectivity index (χ2n) is 4.39. The van der Waals surface area contributed by atoms with Gasteiger partial charge in [-0.05, 0) is 30.3 Å². The highest BCUT2D eigenvalue weighted by Crippen LogP contribution is 2.12. The molecule has 0 spiro atoms. The average Bonchev–Trinajstić information content (AvgIpc) is 2.87. The second kappa shape index (κ2) is 5.46. The van der Waals surface area contributed by atoms with E-state index in [4.69, 9.17) is 0 Å². The van der Waals surface area contributed by atoms with Gasteiger partial charge in [-0.3, -0.25) is 4.79 Å². The van der Waals surface area contributed by atoms with Gasteiger partial charge in [-0.25, -0.2) is 4.98 Å². The van der Waals surface area contributed by atoms with Crippen LogP contribution < -0.4 is 5.32 Å². The van der Waals surface area contributed by atoms with Crippen molar-refractivity contribution in [2.45, 2.75) is 6.54 Å². The largest absolute Gasteiger partial charge is 0.345 e. The Labute approximate surface area is 124 Å². The second-order valence-corrected chi connectivity index (χ2v) is 5.31. The van der Waals surface area contributed by atoms with E-state index in [0.29, 0.717) is 12.1 Å². The summed E-state index contributed by atoms with van der Waals surface area (Å²) in [5.41, 5.74) is 2.49. The van der Waals surface area contributed by atoms with Crippen molar-refractivity contribution in [1.29, 1.82) is 0 Å². The minimum Gasteiger partial charge on any atom is -0.345 e. The van der Waals surface area contributed by atoms with Crippen molar-refractivity contribution < 1.29 is 4.79 Å². The molecule has 1 amide bonds. The van der Waals surface area contributed by atoms with Crippen molar-refractivity contribution in [2.75, 3.05) is 0 Å². The molecule has 5 heteroatoms. The number of imidazole rings is 1. The molecule has 0 aliphatic carbocycles. The number of fused-ring (bicyclic) bond motifs is 1. The molecule has 0 aliphatic heterocycles. The molecule has 0 fully saturated rings. The van der Waals surface area contributed by atoms with Crippen molar-refractivity contribution in [1.82, 2.24) is 15.3 Å². The lowest BCUT2D eigenvalue weighted by atomic mass is 10.2. The van der Waals surface area contributed by atoms with Gasteiger partial charge in [0, 0.05) is 10.0 Å². The smallest absolute Gasteiger partial charge is 0.251 e. The molecule has 100 valence electrons. The fourth-order valence-corrected chi connectivity index (χ4v) is 2.38. The Morgan fingerprint density at radius 2 is 2.05 bits per heavy atom. The van der Waals surface area contributed by atoms with E-state index in [-0.39, 0.29) is 5.91 Å². The first-order valence-electron chi connectivity index (χ1n) is 6.20. The van der Waals surface area contributed by atoms with E-state index in [1.165, 1.54) is 0 Å². The van der Waals surface area contributed by atoms with Gasteiger partial charge in [-0.2, -0.15) is 0 Å². The molecule has 0 saturated heterocycles. The van der Waals surface area contributed by atoms with E-state index in [9.17, 15) is 4.79 Å². The van der Waals surface area contributed by atoms with Crippen molar-refractivity contribution in [3.63, 3.8) is 0 Å². The number of carbonyl (C=O) groups excluding carboxylic acids is 1. The van der Waals surface area contributed by atoms with Crippen LogP contribution in [0.3, 0.4) is 0 Å². The van der Waals surface area contributed by atoms with E-state index >= 15 is 0 Å². The minimum absolute atomic E-state index is 0.119. The lowest BCUT2D eigenvalue weighted by Gasteiger charge is -2.03. The van der Waals surface area contributed by atoms with Crippen LogP contribution in [-0.4, -0.2) is 15.9 Å². The maximum atomic E-state index is 12.0. The van der Waals surface area contributed by atoms with Crippen LogP contribution in [0.1, 0.15) is 16.2 Å². The van der Waals surface area contributed by atoms with Gasteiger partial charge in [0.2, 0.25) is 0 Å². The van der Waals surface area contributed by atoms with Gasteiger partial charge in [0.05, 0.1) is 17.6 Å². The van der Waals surface area contributed by atoms with Crippen LogP contribution in [0.2, 0.25) is 0 Å². The number of aromatic amines is 1. The zero-order valence-corrected chi connectivity index (χ0v) is 12.1. The summed E-state index contributed by atoms with van der Waals surface area (Å²) in [6.45, 7) is 0.375. The van der Waals surface area contributed by atoms with Crippen LogP contribution in [0, 0.1) is 0 Å². The van der Waals surface area contributed by atoms with Crippen molar-refractivity contribution in [2.24, 2.45) is 0 Å². The van der Waals surface area contributed by atoms with Crippen LogP contribution in [0.25, 0.3) is 11.0 Å². The minimum atomic E-state index is -0.119. The number of nitrogens with zero attached hydrogens (tertiary/aromatic N) is 1. The van der Waals surface area contributed by atoms with Crippen LogP contribution in [0.15, 0.2) is 53.0 Å². The van der Waals surface area contributed by atoms with Crippen molar-refractivity contribution in [3.05, 3.63) is 64.4 Å². The van der Waals surface area contributed by atoms with Gasteiger partial charge >= 0.3 is 0 Å². The number of benzene rings is 2. The molecular formula is C15H12BrN3O. The number of H-pyrrole nitrogens is 1. The molecule has 0 aliphatic rings. The molecular weight excluding hydrogens is 318 g/mol. The Balaban J connectivity index is 1.71. The van der Waals surface area contributed by atoms with E-state index in [1.54, 1.807) is 12.1 Å². The first-order chi connectivity index (χ1) is 9.72. The third-order valence-electron chi connectivity index (χ3n) is 2.94. The molecule has 0 bridgehead atoms. The lowest BCUT2D eigenvalue weighted by Crippen LogP contribution is -2.23. The summed E-state index contributed by atoms with van der Waals surface area (Å²) in [5, 5.41) is 2.85. The number of nitrogens with one attached hydrogen (secondary N) is 2.